The molecule has 1 nitrogen and oxygen atoms in total. The van der Waals surface area contributed by atoms with E-state index < -0.39 is 0 Å². The third kappa shape index (κ3) is 0.358. The minimum Gasteiger partial charge on any atom is -0.329 e. The standard InChI is InChI=1S/C13H15N/c1-3-9-11(2)6-4-5-8-10-12(8,7-14)13(9,10)11/h5-6,9H,3,7,14H2,1-2H3/t9-,11?,12?,13?/m1/s1. The third-order valence-electron chi connectivity index (χ3n) is 5.44. The zero-order valence-electron chi connectivity index (χ0n) is 8.72. The van der Waals surface area contributed by atoms with E-state index in [1.165, 1.54) is 12.0 Å². The van der Waals surface area contributed by atoms with Crippen molar-refractivity contribution in [1.29, 1.82) is 0 Å². The van der Waals surface area contributed by atoms with Gasteiger partial charge in [-0.2, -0.15) is 0 Å². The maximum atomic E-state index is 5.95. The van der Waals surface area contributed by atoms with Gasteiger partial charge in [0.1, 0.15) is 0 Å². The fraction of sp³-hybridized carbons (Fsp3) is 0.615. The molecule has 2 saturated carbocycles. The lowest BCUT2D eigenvalue weighted by Crippen LogP contribution is -2.18. The van der Waals surface area contributed by atoms with Gasteiger partial charge in [0.15, 0.2) is 0 Å². The van der Waals surface area contributed by atoms with E-state index in [1.807, 2.05) is 0 Å². The molecule has 0 radical (unpaired) electrons. The molecule has 5 rings (SSSR count). The topological polar surface area (TPSA) is 26.0 Å². The van der Waals surface area contributed by atoms with Crippen LogP contribution in [0.3, 0.4) is 0 Å². The van der Waals surface area contributed by atoms with Gasteiger partial charge in [0, 0.05) is 22.8 Å². The van der Waals surface area contributed by atoms with E-state index in [0.717, 1.165) is 12.5 Å². The highest BCUT2D eigenvalue weighted by molar-refractivity contribution is 5.84. The molecule has 72 valence electrons. The van der Waals surface area contributed by atoms with Crippen LogP contribution in [0.5, 0.6) is 0 Å². The summed E-state index contributed by atoms with van der Waals surface area (Å²) in [4.78, 5) is 0. The van der Waals surface area contributed by atoms with Gasteiger partial charge < -0.3 is 5.73 Å². The lowest BCUT2D eigenvalue weighted by atomic mass is 9.92. The molecule has 1 spiro atoms. The molecule has 2 fully saturated rings. The van der Waals surface area contributed by atoms with Crippen LogP contribution < -0.4 is 5.73 Å². The van der Waals surface area contributed by atoms with E-state index in [-0.39, 0.29) is 0 Å². The first kappa shape index (κ1) is 7.50. The first-order valence-corrected chi connectivity index (χ1v) is 5.61. The maximum Gasteiger partial charge on any atom is 0.0408 e. The van der Waals surface area contributed by atoms with Crippen LogP contribution in [0.1, 0.15) is 20.3 Å². The number of hydrogen-bond acceptors (Lipinski definition) is 1. The van der Waals surface area contributed by atoms with Crippen molar-refractivity contribution in [3.63, 3.8) is 0 Å². The van der Waals surface area contributed by atoms with Crippen molar-refractivity contribution in [3.8, 4) is 0 Å². The highest BCUT2D eigenvalue weighted by atomic mass is 15.0. The van der Waals surface area contributed by atoms with E-state index in [0.29, 0.717) is 16.2 Å². The Kier molecular flexibility index (Phi) is 0.846. The Morgan fingerprint density at radius 1 is 1.57 bits per heavy atom. The normalized spacial score (nSPS) is 59.2. The van der Waals surface area contributed by atoms with Crippen molar-refractivity contribution in [3.05, 3.63) is 29.0 Å². The van der Waals surface area contributed by atoms with Crippen molar-refractivity contribution >= 4 is 0 Å². The fourth-order valence-corrected chi connectivity index (χ4v) is 4.93. The molecule has 5 aliphatic rings. The van der Waals surface area contributed by atoms with Crippen molar-refractivity contribution in [2.24, 2.45) is 27.9 Å². The zero-order valence-corrected chi connectivity index (χ0v) is 8.72. The predicted octanol–water partition coefficient (Wildman–Crippen LogP) is 2.01. The summed E-state index contributed by atoms with van der Waals surface area (Å²) in [6.07, 6.45) is 5.75. The Labute approximate surface area is 84.4 Å². The molecule has 0 aromatic carbocycles. The molecule has 0 aliphatic heterocycles. The summed E-state index contributed by atoms with van der Waals surface area (Å²) < 4.78 is 0. The van der Waals surface area contributed by atoms with Gasteiger partial charge in [0.2, 0.25) is 0 Å². The Balaban J connectivity index is 1.93. The fourth-order valence-electron chi connectivity index (χ4n) is 4.93. The van der Waals surface area contributed by atoms with Crippen molar-refractivity contribution < 1.29 is 0 Å². The van der Waals surface area contributed by atoms with Crippen LogP contribution in [0.25, 0.3) is 0 Å². The lowest BCUT2D eigenvalue weighted by molar-refractivity contribution is 0.482. The third-order valence-corrected chi connectivity index (χ3v) is 5.44. The molecule has 3 unspecified atom stereocenters. The molecule has 14 heavy (non-hydrogen) atoms. The highest BCUT2D eigenvalue weighted by Crippen LogP contribution is 3.04. The molecule has 0 amide bonds. The van der Waals surface area contributed by atoms with Crippen molar-refractivity contribution in [2.75, 3.05) is 6.54 Å². The predicted molar refractivity (Wildman–Crippen MR) is 55.5 cm³/mol. The summed E-state index contributed by atoms with van der Waals surface area (Å²) >= 11 is 0. The quantitative estimate of drug-likeness (QED) is 0.654. The monoisotopic (exact) mass is 185 g/mol. The number of hydrogen-bond donors (Lipinski definition) is 1. The minimum atomic E-state index is 0.364. The lowest BCUT2D eigenvalue weighted by Gasteiger charge is -2.11. The number of allylic oxidation sites excluding steroid dienone is 1. The zero-order chi connectivity index (χ0) is 9.77. The molecule has 5 aliphatic carbocycles. The van der Waals surface area contributed by atoms with Gasteiger partial charge in [-0.1, -0.05) is 20.3 Å². The molecular formula is C13H15N. The van der Waals surface area contributed by atoms with Gasteiger partial charge in [-0.3, -0.25) is 0 Å². The van der Waals surface area contributed by atoms with Gasteiger partial charge in [-0.05, 0) is 29.2 Å². The molecule has 0 saturated heterocycles. The van der Waals surface area contributed by atoms with Crippen LogP contribution in [-0.4, -0.2) is 6.54 Å². The molecule has 0 aromatic rings. The van der Waals surface area contributed by atoms with E-state index in [9.17, 15) is 0 Å². The van der Waals surface area contributed by atoms with Gasteiger partial charge >= 0.3 is 0 Å². The first-order valence-electron chi connectivity index (χ1n) is 5.61. The maximum absolute atomic E-state index is 5.95. The van der Waals surface area contributed by atoms with Crippen LogP contribution in [0.15, 0.2) is 29.0 Å². The van der Waals surface area contributed by atoms with E-state index >= 15 is 0 Å². The molecule has 4 atom stereocenters. The summed E-state index contributed by atoms with van der Waals surface area (Å²) in [5.41, 5.74) is 13.8. The van der Waals surface area contributed by atoms with Crippen molar-refractivity contribution in [1.82, 2.24) is 0 Å². The Morgan fingerprint density at radius 2 is 2.36 bits per heavy atom. The van der Waals surface area contributed by atoms with Crippen LogP contribution in [0, 0.1) is 22.2 Å². The van der Waals surface area contributed by atoms with Crippen molar-refractivity contribution in [2.45, 2.75) is 20.3 Å². The second-order valence-electron chi connectivity index (χ2n) is 5.41. The summed E-state index contributed by atoms with van der Waals surface area (Å²) in [7, 11) is 0. The number of nitrogens with two attached hydrogens (primary N) is 1. The number of rotatable bonds is 2. The summed E-state index contributed by atoms with van der Waals surface area (Å²) in [5, 5.41) is 0. The Morgan fingerprint density at radius 3 is 2.93 bits per heavy atom. The molecule has 2 bridgehead atoms. The molecule has 1 heteroatoms. The van der Waals surface area contributed by atoms with Gasteiger partial charge in [-0.15, -0.1) is 5.73 Å². The second kappa shape index (κ2) is 1.58. The minimum absolute atomic E-state index is 0.364. The average Bonchev–Trinajstić information content (AvgIpc) is 3.01. The van der Waals surface area contributed by atoms with Gasteiger partial charge in [0.25, 0.3) is 0 Å². The van der Waals surface area contributed by atoms with Crippen LogP contribution in [0.2, 0.25) is 0 Å². The summed E-state index contributed by atoms with van der Waals surface area (Å²) in [6, 6.07) is 0. The smallest absolute Gasteiger partial charge is 0.0408 e. The molecule has 0 aromatic heterocycles. The molecular weight excluding hydrogens is 170 g/mol. The summed E-state index contributed by atoms with van der Waals surface area (Å²) in [5.74, 6) is 0.846. The largest absolute Gasteiger partial charge is 0.329 e. The van der Waals surface area contributed by atoms with Gasteiger partial charge in [-0.25, -0.2) is 0 Å². The van der Waals surface area contributed by atoms with Gasteiger partial charge in [0.05, 0.1) is 0 Å². The summed E-state index contributed by atoms with van der Waals surface area (Å²) in [6.45, 7) is 5.52. The van der Waals surface area contributed by atoms with E-state index in [1.54, 1.807) is 5.57 Å². The molecule has 2 N–H and O–H groups in total. The average molecular weight is 185 g/mol. The van der Waals surface area contributed by atoms with Crippen LogP contribution in [0.4, 0.5) is 0 Å². The van der Waals surface area contributed by atoms with Crippen LogP contribution >= 0.6 is 0 Å². The Bertz CT molecular complexity index is 466. The SMILES string of the molecule is CC[C@@H]1C2(C)C=C=CC3=C4C3(CN)C412. The van der Waals surface area contributed by atoms with E-state index in [2.05, 4.69) is 31.7 Å². The highest BCUT2D eigenvalue weighted by Gasteiger charge is 3.00. The van der Waals surface area contributed by atoms with E-state index in [4.69, 9.17) is 5.73 Å². The Hall–Kier alpha value is -0.780. The second-order valence-corrected chi connectivity index (χ2v) is 5.41. The first-order chi connectivity index (χ1) is 6.71. The molecule has 0 heterocycles. The van der Waals surface area contributed by atoms with Crippen LogP contribution in [-0.2, 0) is 0 Å².